The standard InChI is InChI=1S/C13H17ClN4O/c1-7-12(9(3)17(4)15-7)11(19)6-10-13(14)8(2)16-18(10)5/h6H2,1-5H3. The van der Waals surface area contributed by atoms with E-state index in [0.29, 0.717) is 10.6 Å². The number of carbonyl (C=O) groups excluding carboxylic acids is 1. The van der Waals surface area contributed by atoms with E-state index in [0.717, 1.165) is 22.8 Å². The predicted octanol–water partition coefficient (Wildman–Crippen LogP) is 2.16. The molecule has 2 aromatic heterocycles. The quantitative estimate of drug-likeness (QED) is 0.810. The van der Waals surface area contributed by atoms with Gasteiger partial charge in [-0.05, 0) is 20.8 Å². The maximum Gasteiger partial charge on any atom is 0.172 e. The highest BCUT2D eigenvalue weighted by molar-refractivity contribution is 6.32. The van der Waals surface area contributed by atoms with Crippen molar-refractivity contribution in [3.63, 3.8) is 0 Å². The number of aromatic nitrogens is 4. The van der Waals surface area contributed by atoms with Gasteiger partial charge in [0.2, 0.25) is 0 Å². The number of hydrogen-bond donors (Lipinski definition) is 0. The first-order chi connectivity index (χ1) is 8.82. The van der Waals surface area contributed by atoms with Crippen molar-refractivity contribution in [2.24, 2.45) is 14.1 Å². The second-order valence-corrected chi connectivity index (χ2v) is 5.12. The highest BCUT2D eigenvalue weighted by atomic mass is 35.5. The molecule has 0 saturated heterocycles. The van der Waals surface area contributed by atoms with Gasteiger partial charge in [-0.25, -0.2) is 0 Å². The van der Waals surface area contributed by atoms with Crippen LogP contribution in [0.3, 0.4) is 0 Å². The number of rotatable bonds is 3. The van der Waals surface area contributed by atoms with Crippen molar-refractivity contribution in [2.75, 3.05) is 0 Å². The first kappa shape index (κ1) is 13.8. The molecule has 2 aromatic rings. The third-order valence-electron chi connectivity index (χ3n) is 3.38. The molecular weight excluding hydrogens is 264 g/mol. The first-order valence-corrected chi connectivity index (χ1v) is 6.42. The Morgan fingerprint density at radius 1 is 1.11 bits per heavy atom. The summed E-state index contributed by atoms with van der Waals surface area (Å²) in [7, 11) is 3.63. The highest BCUT2D eigenvalue weighted by Gasteiger charge is 2.21. The summed E-state index contributed by atoms with van der Waals surface area (Å²) in [6.07, 6.45) is 0.240. The summed E-state index contributed by atoms with van der Waals surface area (Å²) in [6, 6.07) is 0. The SMILES string of the molecule is Cc1nn(C)c(CC(=O)c2c(C)nn(C)c2C)c1Cl. The summed E-state index contributed by atoms with van der Waals surface area (Å²) in [5.74, 6) is 0.0213. The normalized spacial score (nSPS) is 11.1. The van der Waals surface area contributed by atoms with E-state index in [4.69, 9.17) is 11.6 Å². The number of carbonyl (C=O) groups is 1. The van der Waals surface area contributed by atoms with Crippen LogP contribution in [-0.2, 0) is 20.5 Å². The van der Waals surface area contributed by atoms with Gasteiger partial charge in [0.25, 0.3) is 0 Å². The second kappa shape index (κ2) is 4.81. The van der Waals surface area contributed by atoms with Crippen molar-refractivity contribution in [1.29, 1.82) is 0 Å². The Balaban J connectivity index is 2.36. The van der Waals surface area contributed by atoms with E-state index in [1.807, 2.05) is 27.8 Å². The van der Waals surface area contributed by atoms with Crippen LogP contribution in [0.4, 0.5) is 0 Å². The van der Waals surface area contributed by atoms with Gasteiger partial charge in [0, 0.05) is 19.8 Å². The van der Waals surface area contributed by atoms with Gasteiger partial charge in [-0.1, -0.05) is 11.6 Å². The van der Waals surface area contributed by atoms with Crippen LogP contribution in [0.2, 0.25) is 5.02 Å². The molecule has 2 rings (SSSR count). The molecule has 0 aliphatic heterocycles. The minimum absolute atomic E-state index is 0.0213. The van der Waals surface area contributed by atoms with E-state index in [1.165, 1.54) is 0 Å². The fourth-order valence-electron chi connectivity index (χ4n) is 2.29. The number of aryl methyl sites for hydroxylation is 4. The van der Waals surface area contributed by atoms with Crippen LogP contribution >= 0.6 is 11.6 Å². The van der Waals surface area contributed by atoms with Crippen molar-refractivity contribution in [1.82, 2.24) is 19.6 Å². The molecule has 2 heterocycles. The zero-order chi connectivity index (χ0) is 14.3. The lowest BCUT2D eigenvalue weighted by atomic mass is 10.0. The fourth-order valence-corrected chi connectivity index (χ4v) is 2.52. The van der Waals surface area contributed by atoms with E-state index in [1.54, 1.807) is 16.4 Å². The third-order valence-corrected chi connectivity index (χ3v) is 3.87. The van der Waals surface area contributed by atoms with Crippen molar-refractivity contribution < 1.29 is 4.79 Å². The van der Waals surface area contributed by atoms with Gasteiger partial charge < -0.3 is 0 Å². The number of nitrogens with zero attached hydrogens (tertiary/aromatic N) is 4. The molecule has 6 heteroatoms. The summed E-state index contributed by atoms with van der Waals surface area (Å²) in [5.41, 5.74) is 3.79. The Labute approximate surface area is 117 Å². The first-order valence-electron chi connectivity index (χ1n) is 6.04. The van der Waals surface area contributed by atoms with E-state index in [-0.39, 0.29) is 12.2 Å². The summed E-state index contributed by atoms with van der Waals surface area (Å²) in [4.78, 5) is 12.4. The van der Waals surface area contributed by atoms with Crippen LogP contribution in [-0.4, -0.2) is 25.3 Å². The van der Waals surface area contributed by atoms with Gasteiger partial charge >= 0.3 is 0 Å². The van der Waals surface area contributed by atoms with E-state index in [2.05, 4.69) is 10.2 Å². The van der Waals surface area contributed by atoms with Crippen LogP contribution in [0.25, 0.3) is 0 Å². The van der Waals surface area contributed by atoms with E-state index >= 15 is 0 Å². The van der Waals surface area contributed by atoms with Crippen molar-refractivity contribution >= 4 is 17.4 Å². The largest absolute Gasteiger partial charge is 0.294 e. The number of hydrogen-bond acceptors (Lipinski definition) is 3. The van der Waals surface area contributed by atoms with Gasteiger partial charge in [0.1, 0.15) is 0 Å². The molecule has 0 aliphatic rings. The van der Waals surface area contributed by atoms with Gasteiger partial charge in [0.15, 0.2) is 5.78 Å². The maximum absolute atomic E-state index is 12.4. The lowest BCUT2D eigenvalue weighted by Gasteiger charge is -2.03. The highest BCUT2D eigenvalue weighted by Crippen LogP contribution is 2.22. The monoisotopic (exact) mass is 280 g/mol. The molecule has 0 spiro atoms. The minimum Gasteiger partial charge on any atom is -0.294 e. The molecule has 102 valence electrons. The zero-order valence-corrected chi connectivity index (χ0v) is 12.5. The summed E-state index contributed by atoms with van der Waals surface area (Å²) >= 11 is 6.17. The number of halogens is 1. The van der Waals surface area contributed by atoms with Crippen LogP contribution < -0.4 is 0 Å². The Bertz CT molecular complexity index is 654. The van der Waals surface area contributed by atoms with E-state index < -0.39 is 0 Å². The summed E-state index contributed by atoms with van der Waals surface area (Å²) in [6.45, 7) is 5.57. The molecule has 0 unspecified atom stereocenters. The Hall–Kier alpha value is -1.62. The average molecular weight is 281 g/mol. The molecule has 0 atom stereocenters. The predicted molar refractivity (Wildman–Crippen MR) is 73.7 cm³/mol. The van der Waals surface area contributed by atoms with Gasteiger partial charge in [-0.2, -0.15) is 10.2 Å². The lowest BCUT2D eigenvalue weighted by molar-refractivity contribution is 0.0989. The third kappa shape index (κ3) is 2.30. The molecule has 0 bridgehead atoms. The van der Waals surface area contributed by atoms with Gasteiger partial charge in [0.05, 0.1) is 34.1 Å². The lowest BCUT2D eigenvalue weighted by Crippen LogP contribution is -2.10. The minimum atomic E-state index is 0.0213. The topological polar surface area (TPSA) is 52.7 Å². The number of Topliss-reactive ketones (excluding diaryl/α,β-unsaturated/α-hetero) is 1. The average Bonchev–Trinajstić information content (AvgIpc) is 2.70. The van der Waals surface area contributed by atoms with Crippen molar-refractivity contribution in [3.8, 4) is 0 Å². The van der Waals surface area contributed by atoms with Crippen molar-refractivity contribution in [3.05, 3.63) is 33.4 Å². The van der Waals surface area contributed by atoms with Crippen LogP contribution in [0, 0.1) is 20.8 Å². The Morgan fingerprint density at radius 2 is 1.68 bits per heavy atom. The molecule has 0 saturated carbocycles. The molecule has 0 aromatic carbocycles. The molecule has 0 radical (unpaired) electrons. The number of ketones is 1. The second-order valence-electron chi connectivity index (χ2n) is 4.74. The Morgan fingerprint density at radius 3 is 2.11 bits per heavy atom. The smallest absolute Gasteiger partial charge is 0.172 e. The Kier molecular flexibility index (Phi) is 3.49. The van der Waals surface area contributed by atoms with Gasteiger partial charge in [-0.15, -0.1) is 0 Å². The zero-order valence-electron chi connectivity index (χ0n) is 11.8. The molecule has 0 fully saturated rings. The fraction of sp³-hybridized carbons (Fsp3) is 0.462. The van der Waals surface area contributed by atoms with Gasteiger partial charge in [-0.3, -0.25) is 14.2 Å². The molecule has 0 aliphatic carbocycles. The summed E-state index contributed by atoms with van der Waals surface area (Å²) < 4.78 is 3.38. The van der Waals surface area contributed by atoms with Crippen LogP contribution in [0.1, 0.15) is 33.1 Å². The van der Waals surface area contributed by atoms with Crippen LogP contribution in [0.5, 0.6) is 0 Å². The molecule has 0 N–H and O–H groups in total. The molecule has 5 nitrogen and oxygen atoms in total. The maximum atomic E-state index is 12.4. The summed E-state index contributed by atoms with van der Waals surface area (Å²) in [5, 5.41) is 9.05. The molecule has 19 heavy (non-hydrogen) atoms. The van der Waals surface area contributed by atoms with E-state index in [9.17, 15) is 4.79 Å². The van der Waals surface area contributed by atoms with Crippen LogP contribution in [0.15, 0.2) is 0 Å². The van der Waals surface area contributed by atoms with Crippen molar-refractivity contribution in [2.45, 2.75) is 27.2 Å². The molecule has 0 amide bonds. The molecular formula is C13H17ClN4O.